The lowest BCUT2D eigenvalue weighted by molar-refractivity contribution is -0.133. The van der Waals surface area contributed by atoms with Gasteiger partial charge in [-0.3, -0.25) is 14.4 Å². The molecule has 0 bridgehead atoms. The first-order valence-electron chi connectivity index (χ1n) is 11.8. The van der Waals surface area contributed by atoms with Crippen molar-refractivity contribution in [2.24, 2.45) is 11.8 Å². The number of ether oxygens (including phenoxy) is 1. The van der Waals surface area contributed by atoms with Gasteiger partial charge in [0.1, 0.15) is 11.4 Å². The summed E-state index contributed by atoms with van der Waals surface area (Å²) in [4.78, 5) is 54.9. The zero-order chi connectivity index (χ0) is 25.6. The number of ketones is 1. The smallest absolute Gasteiger partial charge is 0.268 e. The van der Waals surface area contributed by atoms with E-state index < -0.39 is 36.6 Å². The molecule has 12 heteroatoms. The van der Waals surface area contributed by atoms with E-state index in [1.165, 1.54) is 18.3 Å². The second-order valence-electron chi connectivity index (χ2n) is 9.67. The number of nitrogens with zero attached hydrogens (tertiary/aromatic N) is 6. The highest BCUT2D eigenvalue weighted by molar-refractivity contribution is 5.99. The average molecular weight is 501 g/mol. The lowest BCUT2D eigenvalue weighted by Gasteiger charge is -2.39. The van der Waals surface area contributed by atoms with Gasteiger partial charge in [-0.15, -0.1) is 0 Å². The predicted molar refractivity (Wildman–Crippen MR) is 124 cm³/mol. The standard InChI is InChI=1S/C24H26F2N6O4/c1-30(2)21(34)15-12-31(13-15)23-28-9-16(10-29-23)32-6-5-19(22(32)35)36-17-3-4-18(27-11-17)20(33)14-7-24(25,26)8-14/h3-4,9-11,14-15,19H,5-8,12-13H2,1-2H3/t19-/m1/s1. The van der Waals surface area contributed by atoms with Gasteiger partial charge in [-0.25, -0.2) is 23.7 Å². The number of pyridine rings is 1. The number of amides is 2. The SMILES string of the molecule is CN(C)C(=O)C1CN(c2ncc(N3CC[C@@H](Oc4ccc(C(=O)C5CC(F)(F)C5)nc4)C3=O)cn2)C1. The van der Waals surface area contributed by atoms with E-state index in [-0.39, 0.29) is 23.4 Å². The number of carbonyl (C=O) groups excluding carboxylic acids is 3. The van der Waals surface area contributed by atoms with Crippen LogP contribution in [0.3, 0.4) is 0 Å². The minimum atomic E-state index is -2.77. The number of rotatable bonds is 7. The van der Waals surface area contributed by atoms with Crippen LogP contribution in [0.1, 0.15) is 29.8 Å². The minimum Gasteiger partial charge on any atom is -0.479 e. The molecule has 0 spiro atoms. The summed E-state index contributed by atoms with van der Waals surface area (Å²) in [6.07, 6.45) is 3.31. The molecule has 1 aliphatic carbocycles. The van der Waals surface area contributed by atoms with Crippen LogP contribution in [0.2, 0.25) is 0 Å². The van der Waals surface area contributed by atoms with Crippen molar-refractivity contribution in [1.29, 1.82) is 0 Å². The van der Waals surface area contributed by atoms with Gasteiger partial charge >= 0.3 is 0 Å². The number of aromatic nitrogens is 3. The van der Waals surface area contributed by atoms with E-state index in [0.29, 0.717) is 43.4 Å². The van der Waals surface area contributed by atoms with Crippen LogP contribution in [-0.2, 0) is 9.59 Å². The van der Waals surface area contributed by atoms with Gasteiger partial charge < -0.3 is 19.4 Å². The van der Waals surface area contributed by atoms with Crippen molar-refractivity contribution in [2.75, 3.05) is 43.5 Å². The summed E-state index contributed by atoms with van der Waals surface area (Å²) in [7, 11) is 3.46. The first-order valence-corrected chi connectivity index (χ1v) is 11.8. The van der Waals surface area contributed by atoms with Gasteiger partial charge in [0.2, 0.25) is 17.8 Å². The maximum atomic E-state index is 13.0. The molecule has 1 atom stereocenters. The summed E-state index contributed by atoms with van der Waals surface area (Å²) in [5, 5.41) is 0. The quantitative estimate of drug-likeness (QED) is 0.530. The highest BCUT2D eigenvalue weighted by atomic mass is 19.3. The van der Waals surface area contributed by atoms with Crippen LogP contribution >= 0.6 is 0 Å². The molecule has 0 radical (unpaired) electrons. The van der Waals surface area contributed by atoms with Gasteiger partial charge in [0.05, 0.1) is 30.2 Å². The molecule has 4 heterocycles. The molecule has 3 fully saturated rings. The van der Waals surface area contributed by atoms with E-state index >= 15 is 0 Å². The van der Waals surface area contributed by atoms with Crippen LogP contribution in [0.15, 0.2) is 30.7 Å². The molecule has 2 saturated heterocycles. The fourth-order valence-electron chi connectivity index (χ4n) is 4.62. The second kappa shape index (κ2) is 9.07. The third-order valence-electron chi connectivity index (χ3n) is 6.78. The average Bonchev–Trinajstić information content (AvgIpc) is 3.16. The van der Waals surface area contributed by atoms with Gasteiger partial charge in [0.25, 0.3) is 5.91 Å². The number of Topliss-reactive ketones (excluding diaryl/α,β-unsaturated/α-hetero) is 1. The van der Waals surface area contributed by atoms with Crippen molar-refractivity contribution in [3.8, 4) is 5.75 Å². The van der Waals surface area contributed by atoms with Gasteiger partial charge in [0.15, 0.2) is 11.9 Å². The Morgan fingerprint density at radius 3 is 2.33 bits per heavy atom. The van der Waals surface area contributed by atoms with Crippen LogP contribution < -0.4 is 14.5 Å². The normalized spacial score (nSPS) is 21.7. The van der Waals surface area contributed by atoms with E-state index in [9.17, 15) is 23.2 Å². The van der Waals surface area contributed by atoms with E-state index in [0.717, 1.165) is 0 Å². The first kappa shape index (κ1) is 24.0. The third-order valence-corrected chi connectivity index (χ3v) is 6.78. The van der Waals surface area contributed by atoms with Crippen molar-refractivity contribution < 1.29 is 27.9 Å². The highest BCUT2D eigenvalue weighted by Gasteiger charge is 2.49. The van der Waals surface area contributed by atoms with E-state index in [1.807, 2.05) is 4.90 Å². The first-order chi connectivity index (χ1) is 17.1. The monoisotopic (exact) mass is 500 g/mol. The van der Waals surface area contributed by atoms with Crippen molar-refractivity contribution in [3.05, 3.63) is 36.4 Å². The molecular formula is C24H26F2N6O4. The van der Waals surface area contributed by atoms with Crippen molar-refractivity contribution >= 4 is 29.2 Å². The number of hydrogen-bond donors (Lipinski definition) is 0. The Balaban J connectivity index is 1.14. The number of alkyl halides is 2. The Hall–Kier alpha value is -3.70. The molecule has 10 nitrogen and oxygen atoms in total. The number of anilines is 2. The largest absolute Gasteiger partial charge is 0.479 e. The molecule has 0 aromatic carbocycles. The van der Waals surface area contributed by atoms with Gasteiger partial charge in [-0.05, 0) is 12.1 Å². The van der Waals surface area contributed by atoms with Crippen LogP contribution in [0.4, 0.5) is 20.4 Å². The molecule has 190 valence electrons. The Morgan fingerprint density at radius 2 is 1.75 bits per heavy atom. The van der Waals surface area contributed by atoms with E-state index in [4.69, 9.17) is 4.74 Å². The molecular weight excluding hydrogens is 474 g/mol. The molecule has 2 amide bonds. The fraction of sp³-hybridized carbons (Fsp3) is 0.500. The summed E-state index contributed by atoms with van der Waals surface area (Å²) < 4.78 is 31.8. The molecule has 36 heavy (non-hydrogen) atoms. The molecule has 1 saturated carbocycles. The Bertz CT molecular complexity index is 1160. The number of hydrogen-bond acceptors (Lipinski definition) is 8. The van der Waals surface area contributed by atoms with Crippen molar-refractivity contribution in [3.63, 3.8) is 0 Å². The van der Waals surface area contributed by atoms with Crippen LogP contribution in [0, 0.1) is 11.8 Å². The summed E-state index contributed by atoms with van der Waals surface area (Å²) in [5.41, 5.74) is 0.659. The summed E-state index contributed by atoms with van der Waals surface area (Å²) in [5.74, 6) is -3.29. The van der Waals surface area contributed by atoms with Gasteiger partial charge in [-0.1, -0.05) is 0 Å². The number of halogens is 2. The molecule has 3 aliphatic rings. The van der Waals surface area contributed by atoms with Gasteiger partial charge in [0, 0.05) is 58.9 Å². The molecule has 0 unspecified atom stereocenters. The lowest BCUT2D eigenvalue weighted by atomic mass is 9.77. The zero-order valence-electron chi connectivity index (χ0n) is 19.9. The van der Waals surface area contributed by atoms with E-state index in [1.54, 1.807) is 36.3 Å². The zero-order valence-corrected chi connectivity index (χ0v) is 19.9. The number of carbonyl (C=O) groups is 3. The highest BCUT2D eigenvalue weighted by Crippen LogP contribution is 2.43. The van der Waals surface area contributed by atoms with Gasteiger partial charge in [-0.2, -0.15) is 0 Å². The Labute approximate surface area is 206 Å². The summed E-state index contributed by atoms with van der Waals surface area (Å²) >= 11 is 0. The topological polar surface area (TPSA) is 109 Å². The third kappa shape index (κ3) is 4.59. The summed E-state index contributed by atoms with van der Waals surface area (Å²) in [6, 6.07) is 2.95. The Morgan fingerprint density at radius 1 is 1.06 bits per heavy atom. The molecule has 2 aromatic heterocycles. The Kier molecular flexibility index (Phi) is 6.05. The molecule has 5 rings (SSSR count). The maximum Gasteiger partial charge on any atom is 0.268 e. The molecule has 2 aliphatic heterocycles. The van der Waals surface area contributed by atoms with Crippen LogP contribution in [0.25, 0.3) is 0 Å². The van der Waals surface area contributed by atoms with Crippen LogP contribution in [0.5, 0.6) is 5.75 Å². The summed E-state index contributed by atoms with van der Waals surface area (Å²) in [6.45, 7) is 1.54. The molecule has 2 aromatic rings. The molecule has 0 N–H and O–H groups in total. The lowest BCUT2D eigenvalue weighted by Crippen LogP contribution is -2.54. The van der Waals surface area contributed by atoms with Crippen LogP contribution in [-0.4, -0.2) is 83.2 Å². The van der Waals surface area contributed by atoms with Crippen molar-refractivity contribution in [2.45, 2.75) is 31.3 Å². The van der Waals surface area contributed by atoms with E-state index in [2.05, 4.69) is 15.0 Å². The fourth-order valence-corrected chi connectivity index (χ4v) is 4.62. The minimum absolute atomic E-state index is 0.0639. The van der Waals surface area contributed by atoms with Crippen molar-refractivity contribution in [1.82, 2.24) is 19.9 Å². The maximum absolute atomic E-state index is 13.0. The second-order valence-corrected chi connectivity index (χ2v) is 9.67. The predicted octanol–water partition coefficient (Wildman–Crippen LogP) is 1.81.